The molecule has 0 aliphatic carbocycles. The molecule has 0 fully saturated rings. The number of nitrogens with one attached hydrogen (secondary N) is 2. The van der Waals surface area contributed by atoms with Crippen LogP contribution >= 0.6 is 11.6 Å². The average molecular weight is 173 g/mol. The van der Waals surface area contributed by atoms with Gasteiger partial charge in [-0.25, -0.2) is 0 Å². The second-order valence-electron chi connectivity index (χ2n) is 2.15. The maximum absolute atomic E-state index is 11.1. The van der Waals surface area contributed by atoms with Gasteiger partial charge in [0, 0.05) is 7.05 Å². The zero-order chi connectivity index (χ0) is 8.32. The SMILES string of the molecule is CNC(=O)C1(Cl)C=CC=CN1. The van der Waals surface area contributed by atoms with Gasteiger partial charge in [-0.3, -0.25) is 4.79 Å². The predicted octanol–water partition coefficient (Wildman–Crippen LogP) is 0.341. The molecule has 1 aliphatic rings. The second kappa shape index (κ2) is 2.96. The standard InChI is InChI=1S/C7H9ClN2O/c1-9-6(11)7(8)4-2-3-5-10-7/h2-5,10H,1H3,(H,9,11). The molecular weight excluding hydrogens is 164 g/mol. The fourth-order valence-corrected chi connectivity index (χ4v) is 1.01. The smallest absolute Gasteiger partial charge is 0.265 e. The third kappa shape index (κ3) is 1.54. The Labute approximate surface area is 70.1 Å². The van der Waals surface area contributed by atoms with E-state index in [1.54, 1.807) is 31.5 Å². The van der Waals surface area contributed by atoms with E-state index in [2.05, 4.69) is 10.6 Å². The van der Waals surface area contributed by atoms with Crippen LogP contribution in [0.4, 0.5) is 0 Å². The van der Waals surface area contributed by atoms with E-state index in [0.717, 1.165) is 0 Å². The summed E-state index contributed by atoms with van der Waals surface area (Å²) in [6, 6.07) is 0. The maximum Gasteiger partial charge on any atom is 0.265 e. The monoisotopic (exact) mass is 172 g/mol. The van der Waals surface area contributed by atoms with Gasteiger partial charge in [-0.05, 0) is 18.4 Å². The second-order valence-corrected chi connectivity index (χ2v) is 2.75. The fraction of sp³-hybridized carbons (Fsp3) is 0.286. The number of alkyl halides is 1. The summed E-state index contributed by atoms with van der Waals surface area (Å²) < 4.78 is 0. The lowest BCUT2D eigenvalue weighted by atomic mass is 10.2. The van der Waals surface area contributed by atoms with E-state index in [1.165, 1.54) is 0 Å². The van der Waals surface area contributed by atoms with Gasteiger partial charge in [0.1, 0.15) is 0 Å². The molecule has 0 radical (unpaired) electrons. The lowest BCUT2D eigenvalue weighted by Crippen LogP contribution is -2.49. The highest BCUT2D eigenvalue weighted by atomic mass is 35.5. The summed E-state index contributed by atoms with van der Waals surface area (Å²) in [4.78, 5) is 9.99. The number of hydrogen-bond donors (Lipinski definition) is 2. The molecule has 60 valence electrons. The van der Waals surface area contributed by atoms with Gasteiger partial charge in [-0.1, -0.05) is 17.7 Å². The summed E-state index contributed by atoms with van der Waals surface area (Å²) in [6.07, 6.45) is 6.71. The Kier molecular flexibility index (Phi) is 2.19. The molecule has 0 saturated heterocycles. The Hall–Kier alpha value is -0.960. The highest BCUT2D eigenvalue weighted by Crippen LogP contribution is 2.15. The van der Waals surface area contributed by atoms with Crippen molar-refractivity contribution in [2.45, 2.75) is 5.00 Å². The minimum absolute atomic E-state index is 0.264. The highest BCUT2D eigenvalue weighted by molar-refractivity contribution is 6.36. The van der Waals surface area contributed by atoms with Crippen LogP contribution in [0.25, 0.3) is 0 Å². The van der Waals surface area contributed by atoms with Gasteiger partial charge < -0.3 is 10.6 Å². The minimum atomic E-state index is -1.11. The molecule has 0 aromatic carbocycles. The van der Waals surface area contributed by atoms with E-state index < -0.39 is 5.00 Å². The van der Waals surface area contributed by atoms with E-state index in [1.807, 2.05) is 0 Å². The first-order chi connectivity index (χ1) is 5.19. The van der Waals surface area contributed by atoms with Crippen LogP contribution < -0.4 is 10.6 Å². The van der Waals surface area contributed by atoms with Crippen LogP contribution in [-0.4, -0.2) is 18.0 Å². The van der Waals surface area contributed by atoms with Crippen LogP contribution in [0, 0.1) is 0 Å². The molecule has 1 rings (SSSR count). The van der Waals surface area contributed by atoms with Crippen LogP contribution in [0.3, 0.4) is 0 Å². The number of allylic oxidation sites excluding steroid dienone is 2. The summed E-state index contributed by atoms with van der Waals surface area (Å²) in [5.74, 6) is -0.264. The zero-order valence-electron chi connectivity index (χ0n) is 6.10. The molecule has 0 saturated carbocycles. The largest absolute Gasteiger partial charge is 0.362 e. The van der Waals surface area contributed by atoms with Crippen LogP contribution in [0.5, 0.6) is 0 Å². The van der Waals surface area contributed by atoms with Gasteiger partial charge in [0.15, 0.2) is 0 Å². The first-order valence-electron chi connectivity index (χ1n) is 3.22. The van der Waals surface area contributed by atoms with E-state index in [-0.39, 0.29) is 5.91 Å². The van der Waals surface area contributed by atoms with Crippen molar-refractivity contribution in [3.05, 3.63) is 24.4 Å². The van der Waals surface area contributed by atoms with Crippen LogP contribution in [0.15, 0.2) is 24.4 Å². The summed E-state index contributed by atoms with van der Waals surface area (Å²) in [7, 11) is 1.54. The van der Waals surface area contributed by atoms with Crippen molar-refractivity contribution in [2.24, 2.45) is 0 Å². The molecule has 0 bridgehead atoms. The first-order valence-corrected chi connectivity index (χ1v) is 3.60. The Morgan fingerprint density at radius 1 is 1.64 bits per heavy atom. The van der Waals surface area contributed by atoms with E-state index in [4.69, 9.17) is 11.6 Å². The molecule has 11 heavy (non-hydrogen) atoms. The summed E-state index contributed by atoms with van der Waals surface area (Å²) >= 11 is 5.86. The Balaban J connectivity index is 2.75. The number of carbonyl (C=O) groups is 1. The average Bonchev–Trinajstić information content (AvgIpc) is 2.04. The van der Waals surface area contributed by atoms with Gasteiger partial charge in [0.05, 0.1) is 0 Å². The molecule has 1 unspecified atom stereocenters. The maximum atomic E-state index is 11.1. The number of halogens is 1. The number of dihydropyridines is 1. The summed E-state index contributed by atoms with van der Waals surface area (Å²) in [5.41, 5.74) is 0. The molecule has 1 aliphatic heterocycles. The fourth-order valence-electron chi connectivity index (χ4n) is 0.784. The molecule has 1 amide bonds. The molecule has 2 N–H and O–H groups in total. The highest BCUT2D eigenvalue weighted by Gasteiger charge is 2.31. The van der Waals surface area contributed by atoms with Gasteiger partial charge in [0.2, 0.25) is 5.00 Å². The van der Waals surface area contributed by atoms with Gasteiger partial charge in [-0.15, -0.1) is 0 Å². The summed E-state index contributed by atoms with van der Waals surface area (Å²) in [6.45, 7) is 0. The third-order valence-electron chi connectivity index (χ3n) is 1.38. The van der Waals surface area contributed by atoms with E-state index in [9.17, 15) is 4.79 Å². The Morgan fingerprint density at radius 2 is 2.36 bits per heavy atom. The summed E-state index contributed by atoms with van der Waals surface area (Å²) in [5, 5.41) is 5.19. The van der Waals surface area contributed by atoms with Crippen LogP contribution in [-0.2, 0) is 4.79 Å². The lowest BCUT2D eigenvalue weighted by Gasteiger charge is -2.23. The Bertz CT molecular complexity index is 224. The molecule has 1 atom stereocenters. The molecular formula is C7H9ClN2O. The molecule has 0 spiro atoms. The van der Waals surface area contributed by atoms with Gasteiger partial charge in [0.25, 0.3) is 5.91 Å². The quantitative estimate of drug-likeness (QED) is 0.443. The van der Waals surface area contributed by atoms with Crippen molar-refractivity contribution in [3.63, 3.8) is 0 Å². The van der Waals surface area contributed by atoms with Gasteiger partial charge in [-0.2, -0.15) is 0 Å². The molecule has 3 nitrogen and oxygen atoms in total. The Morgan fingerprint density at radius 3 is 2.82 bits per heavy atom. The molecule has 0 aromatic heterocycles. The topological polar surface area (TPSA) is 41.1 Å². The van der Waals surface area contributed by atoms with E-state index >= 15 is 0 Å². The van der Waals surface area contributed by atoms with Crippen LogP contribution in [0.1, 0.15) is 0 Å². The van der Waals surface area contributed by atoms with Gasteiger partial charge >= 0.3 is 0 Å². The van der Waals surface area contributed by atoms with Crippen molar-refractivity contribution >= 4 is 17.5 Å². The minimum Gasteiger partial charge on any atom is -0.362 e. The zero-order valence-corrected chi connectivity index (χ0v) is 6.85. The molecule has 0 aromatic rings. The van der Waals surface area contributed by atoms with Crippen LogP contribution in [0.2, 0.25) is 0 Å². The van der Waals surface area contributed by atoms with Crippen molar-refractivity contribution < 1.29 is 4.79 Å². The number of likely N-dealkylation sites (N-methyl/N-ethyl adjacent to an activating group) is 1. The third-order valence-corrected chi connectivity index (χ3v) is 1.79. The van der Waals surface area contributed by atoms with E-state index in [0.29, 0.717) is 0 Å². The van der Waals surface area contributed by atoms with Crippen molar-refractivity contribution in [2.75, 3.05) is 7.05 Å². The number of carbonyl (C=O) groups excluding carboxylic acids is 1. The number of rotatable bonds is 1. The number of hydrogen-bond acceptors (Lipinski definition) is 2. The lowest BCUT2D eigenvalue weighted by molar-refractivity contribution is -0.122. The van der Waals surface area contributed by atoms with Crippen molar-refractivity contribution in [1.29, 1.82) is 0 Å². The van der Waals surface area contributed by atoms with Crippen molar-refractivity contribution in [1.82, 2.24) is 10.6 Å². The van der Waals surface area contributed by atoms with Crippen molar-refractivity contribution in [3.8, 4) is 0 Å². The normalized spacial score (nSPS) is 27.8. The number of amides is 1. The predicted molar refractivity (Wildman–Crippen MR) is 44.1 cm³/mol. The molecule has 1 heterocycles. The first kappa shape index (κ1) is 8.14. The molecule has 4 heteroatoms.